The van der Waals surface area contributed by atoms with Gasteiger partial charge in [-0.25, -0.2) is 9.78 Å². The predicted molar refractivity (Wildman–Crippen MR) is 122 cm³/mol. The molecule has 2 amide bonds. The van der Waals surface area contributed by atoms with Crippen LogP contribution in [-0.2, 0) is 6.42 Å². The summed E-state index contributed by atoms with van der Waals surface area (Å²) in [5.41, 5.74) is 3.51. The number of hydrogen-bond donors (Lipinski definition) is 2. The van der Waals surface area contributed by atoms with Crippen LogP contribution in [0.2, 0.25) is 0 Å². The molecule has 0 radical (unpaired) electrons. The van der Waals surface area contributed by atoms with Gasteiger partial charge in [-0.15, -0.1) is 10.2 Å². The van der Waals surface area contributed by atoms with E-state index in [1.165, 1.54) is 0 Å². The van der Waals surface area contributed by atoms with Crippen molar-refractivity contribution in [2.45, 2.75) is 13.3 Å². The zero-order valence-corrected chi connectivity index (χ0v) is 18.5. The number of fused-ring (bicyclic) bond motifs is 1. The van der Waals surface area contributed by atoms with Gasteiger partial charge in [-0.1, -0.05) is 17.4 Å². The van der Waals surface area contributed by atoms with Gasteiger partial charge in [0.25, 0.3) is 0 Å². The maximum Gasteiger partial charge on any atom is 0.320 e. The second-order valence-electron chi connectivity index (χ2n) is 7.26. The van der Waals surface area contributed by atoms with Crippen LogP contribution in [0.5, 0.6) is 0 Å². The van der Waals surface area contributed by atoms with Gasteiger partial charge in [0.1, 0.15) is 10.7 Å². The third kappa shape index (κ3) is 4.86. The number of nitrogens with zero attached hydrogens (tertiary/aromatic N) is 6. The summed E-state index contributed by atoms with van der Waals surface area (Å²) < 4.78 is 1.93. The van der Waals surface area contributed by atoms with Crippen LogP contribution >= 0.6 is 11.3 Å². The smallest absolute Gasteiger partial charge is 0.320 e. The summed E-state index contributed by atoms with van der Waals surface area (Å²) >= 11 is 1.57. The molecular weight excluding hydrogens is 412 g/mol. The van der Waals surface area contributed by atoms with Gasteiger partial charge in [-0.2, -0.15) is 0 Å². The molecule has 0 aliphatic carbocycles. The molecule has 4 aromatic heterocycles. The number of pyridine rings is 2. The molecule has 0 unspecified atom stereocenters. The van der Waals surface area contributed by atoms with E-state index >= 15 is 0 Å². The summed E-state index contributed by atoms with van der Waals surface area (Å²) in [6.45, 7) is 3.31. The Morgan fingerprint density at radius 3 is 2.84 bits per heavy atom. The molecule has 9 nitrogen and oxygen atoms in total. The average Bonchev–Trinajstić information content (AvgIpc) is 3.38. The Labute approximate surface area is 184 Å². The molecule has 0 aromatic carbocycles. The molecule has 10 heteroatoms. The second kappa shape index (κ2) is 9.19. The quantitative estimate of drug-likeness (QED) is 0.462. The van der Waals surface area contributed by atoms with Crippen molar-refractivity contribution in [3.8, 4) is 21.8 Å². The highest BCUT2D eigenvalue weighted by atomic mass is 32.1. The molecule has 4 heterocycles. The van der Waals surface area contributed by atoms with Crippen molar-refractivity contribution in [1.82, 2.24) is 34.8 Å². The Bertz CT molecular complexity index is 1180. The fourth-order valence-electron chi connectivity index (χ4n) is 3.11. The van der Waals surface area contributed by atoms with E-state index < -0.39 is 0 Å². The first-order valence-corrected chi connectivity index (χ1v) is 10.8. The summed E-state index contributed by atoms with van der Waals surface area (Å²) in [6.07, 6.45) is 6.20. The first kappa shape index (κ1) is 20.9. The highest BCUT2D eigenvalue weighted by Crippen LogP contribution is 2.31. The molecule has 0 aliphatic heterocycles. The number of rotatable bonds is 7. The van der Waals surface area contributed by atoms with Crippen molar-refractivity contribution in [1.29, 1.82) is 0 Å². The molecular formula is C21H24N8OS. The standard InChI is InChI=1S/C21H24N8OS/c1-4-23-21(30)25-17-13-29-16(20-27-26-19(31-20)7-9-28(2)3)10-15(11-18(29)24-17)14-6-5-8-22-12-14/h5-6,8,10-13H,4,7,9H2,1-3H3,(H2,23,25,30). The van der Waals surface area contributed by atoms with Crippen molar-refractivity contribution in [2.75, 3.05) is 32.5 Å². The molecule has 2 N–H and O–H groups in total. The lowest BCUT2D eigenvalue weighted by molar-refractivity contribution is 0.252. The van der Waals surface area contributed by atoms with Crippen LogP contribution in [0.3, 0.4) is 0 Å². The van der Waals surface area contributed by atoms with Crippen molar-refractivity contribution in [3.05, 3.63) is 47.9 Å². The first-order chi connectivity index (χ1) is 15.0. The molecule has 0 fully saturated rings. The predicted octanol–water partition coefficient (Wildman–Crippen LogP) is 3.16. The van der Waals surface area contributed by atoms with E-state index in [0.717, 1.165) is 39.8 Å². The largest absolute Gasteiger partial charge is 0.338 e. The van der Waals surface area contributed by atoms with Crippen molar-refractivity contribution in [2.24, 2.45) is 0 Å². The monoisotopic (exact) mass is 436 g/mol. The number of carbonyl (C=O) groups is 1. The molecule has 0 atom stereocenters. The zero-order valence-electron chi connectivity index (χ0n) is 17.7. The third-order valence-electron chi connectivity index (χ3n) is 4.60. The van der Waals surface area contributed by atoms with E-state index in [4.69, 9.17) is 0 Å². The van der Waals surface area contributed by atoms with Gasteiger partial charge in [-0.3, -0.25) is 14.7 Å². The number of aromatic nitrogens is 5. The van der Waals surface area contributed by atoms with E-state index in [-0.39, 0.29) is 6.03 Å². The topological polar surface area (TPSA) is 100 Å². The summed E-state index contributed by atoms with van der Waals surface area (Å²) in [5, 5.41) is 16.1. The van der Waals surface area contributed by atoms with Crippen molar-refractivity contribution in [3.63, 3.8) is 0 Å². The lowest BCUT2D eigenvalue weighted by atomic mass is 10.1. The highest BCUT2D eigenvalue weighted by Gasteiger charge is 2.16. The number of carbonyl (C=O) groups excluding carboxylic acids is 1. The lowest BCUT2D eigenvalue weighted by Gasteiger charge is -2.07. The highest BCUT2D eigenvalue weighted by molar-refractivity contribution is 7.14. The fraction of sp³-hybridized carbons (Fsp3) is 0.286. The van der Waals surface area contributed by atoms with E-state index in [9.17, 15) is 4.79 Å². The first-order valence-electron chi connectivity index (χ1n) is 9.99. The minimum atomic E-state index is -0.290. The van der Waals surface area contributed by atoms with Crippen LogP contribution < -0.4 is 10.6 Å². The summed E-state index contributed by atoms with van der Waals surface area (Å²) in [7, 11) is 4.08. The van der Waals surface area contributed by atoms with Crippen molar-refractivity contribution >= 4 is 28.8 Å². The molecule has 0 spiro atoms. The normalized spacial score (nSPS) is 11.2. The molecule has 31 heavy (non-hydrogen) atoms. The number of imidazole rings is 1. The molecule has 4 aromatic rings. The summed E-state index contributed by atoms with van der Waals surface area (Å²) in [4.78, 5) is 22.9. The van der Waals surface area contributed by atoms with E-state index in [0.29, 0.717) is 18.0 Å². The SMILES string of the molecule is CCNC(=O)Nc1cn2c(-c3nnc(CCN(C)C)s3)cc(-c3cccnc3)cc2n1. The number of amides is 2. The van der Waals surface area contributed by atoms with Gasteiger partial charge < -0.3 is 10.2 Å². The van der Waals surface area contributed by atoms with E-state index in [1.54, 1.807) is 23.7 Å². The van der Waals surface area contributed by atoms with Gasteiger partial charge in [0, 0.05) is 37.5 Å². The third-order valence-corrected chi connectivity index (χ3v) is 5.61. The molecule has 4 rings (SSSR count). The average molecular weight is 437 g/mol. The van der Waals surface area contributed by atoms with E-state index in [2.05, 4.69) is 41.8 Å². The Morgan fingerprint density at radius 2 is 2.10 bits per heavy atom. The zero-order chi connectivity index (χ0) is 21.8. The van der Waals surface area contributed by atoms with Crippen LogP contribution in [0.1, 0.15) is 11.9 Å². The Kier molecular flexibility index (Phi) is 6.19. The molecule has 0 saturated heterocycles. The van der Waals surface area contributed by atoms with Crippen LogP contribution in [-0.4, -0.2) is 62.7 Å². The molecule has 0 saturated carbocycles. The number of anilines is 1. The Balaban J connectivity index is 1.77. The van der Waals surface area contributed by atoms with Crippen LogP contribution in [0.4, 0.5) is 10.6 Å². The summed E-state index contributed by atoms with van der Waals surface area (Å²) in [5.74, 6) is 0.466. The minimum absolute atomic E-state index is 0.290. The Hall–Kier alpha value is -3.37. The molecule has 0 aliphatic rings. The van der Waals surface area contributed by atoms with Crippen LogP contribution in [0, 0.1) is 0 Å². The van der Waals surface area contributed by atoms with Gasteiger partial charge in [0.15, 0.2) is 10.8 Å². The lowest BCUT2D eigenvalue weighted by Crippen LogP contribution is -2.28. The maximum absolute atomic E-state index is 12.0. The Morgan fingerprint density at radius 1 is 1.23 bits per heavy atom. The fourth-order valence-corrected chi connectivity index (χ4v) is 3.95. The van der Waals surface area contributed by atoms with E-state index in [1.807, 2.05) is 49.8 Å². The van der Waals surface area contributed by atoms with Crippen LogP contribution in [0.25, 0.3) is 27.5 Å². The molecule has 0 bridgehead atoms. The van der Waals surface area contributed by atoms with Gasteiger partial charge in [0.2, 0.25) is 0 Å². The number of nitrogens with one attached hydrogen (secondary N) is 2. The number of urea groups is 1. The van der Waals surface area contributed by atoms with Gasteiger partial charge >= 0.3 is 6.03 Å². The van der Waals surface area contributed by atoms with Crippen molar-refractivity contribution < 1.29 is 4.79 Å². The minimum Gasteiger partial charge on any atom is -0.338 e. The van der Waals surface area contributed by atoms with Gasteiger partial charge in [0.05, 0.1) is 11.9 Å². The summed E-state index contributed by atoms with van der Waals surface area (Å²) in [6, 6.07) is 7.64. The van der Waals surface area contributed by atoms with Crippen LogP contribution in [0.15, 0.2) is 42.9 Å². The van der Waals surface area contributed by atoms with Gasteiger partial charge in [-0.05, 0) is 44.8 Å². The maximum atomic E-state index is 12.0. The second-order valence-corrected chi connectivity index (χ2v) is 8.33. The number of hydrogen-bond acceptors (Lipinski definition) is 7. The molecule has 160 valence electrons. The number of likely N-dealkylation sites (N-methyl/N-ethyl adjacent to an activating group) is 1.